The number of pyridine rings is 1. The highest BCUT2D eigenvalue weighted by Gasteiger charge is 2.21. The third kappa shape index (κ3) is 11.6. The summed E-state index contributed by atoms with van der Waals surface area (Å²) in [6.07, 6.45) is 5.62. The Morgan fingerprint density at radius 1 is 0.177 bits per heavy atom. The highest BCUT2D eigenvalue weighted by atomic mass is 32.1. The van der Waals surface area contributed by atoms with Gasteiger partial charge in [-0.25, -0.2) is 0 Å². The van der Waals surface area contributed by atoms with Crippen molar-refractivity contribution in [2.24, 2.45) is 0 Å². The van der Waals surface area contributed by atoms with Gasteiger partial charge in [0.25, 0.3) is 0 Å². The molecular formula is C117H71N5S2. The Labute approximate surface area is 720 Å². The second-order valence-electron chi connectivity index (χ2n) is 32.3. The number of thiophene rings is 2. The van der Waals surface area contributed by atoms with E-state index in [1.54, 1.807) is 12.4 Å². The van der Waals surface area contributed by atoms with E-state index in [9.17, 15) is 0 Å². The van der Waals surface area contributed by atoms with Gasteiger partial charge in [0.15, 0.2) is 0 Å². The van der Waals surface area contributed by atoms with E-state index in [4.69, 9.17) is 15.0 Å². The van der Waals surface area contributed by atoms with Crippen molar-refractivity contribution in [1.29, 1.82) is 0 Å². The summed E-state index contributed by atoms with van der Waals surface area (Å²) in [6.45, 7) is 0. The highest BCUT2D eigenvalue weighted by Crippen LogP contribution is 2.46. The van der Waals surface area contributed by atoms with Gasteiger partial charge in [-0.2, -0.15) is 0 Å². The summed E-state index contributed by atoms with van der Waals surface area (Å²) in [5.74, 6) is 0. The van der Waals surface area contributed by atoms with Gasteiger partial charge in [-0.15, -0.1) is 22.7 Å². The fourth-order valence-corrected chi connectivity index (χ4v) is 22.2. The van der Waals surface area contributed by atoms with Crippen LogP contribution in [0.1, 0.15) is 0 Å². The lowest BCUT2D eigenvalue weighted by Crippen LogP contribution is -1.95. The van der Waals surface area contributed by atoms with E-state index in [0.717, 1.165) is 33.1 Å². The molecular weight excluding hydrogens is 1540 g/mol. The van der Waals surface area contributed by atoms with Crippen molar-refractivity contribution in [3.63, 3.8) is 0 Å². The molecule has 0 bridgehead atoms. The maximum Gasteiger partial charge on any atom is 0.0971 e. The molecule has 124 heavy (non-hydrogen) atoms. The van der Waals surface area contributed by atoms with Crippen molar-refractivity contribution < 1.29 is 0 Å². The number of aromatic nitrogens is 5. The van der Waals surface area contributed by atoms with Crippen molar-refractivity contribution in [2.75, 3.05) is 0 Å². The quantitative estimate of drug-likeness (QED) is 0.149. The first-order valence-corrected chi connectivity index (χ1v) is 43.9. The molecule has 0 atom stereocenters. The normalized spacial score (nSPS) is 11.9. The number of hydrogen-bond donors (Lipinski definition) is 0. The Hall–Kier alpha value is -15.8. The fourth-order valence-electron chi connectivity index (χ4n) is 19.9. The Morgan fingerprint density at radius 2 is 0.524 bits per heavy atom. The zero-order chi connectivity index (χ0) is 81.5. The van der Waals surface area contributed by atoms with Crippen LogP contribution < -0.4 is 0 Å². The summed E-state index contributed by atoms with van der Waals surface area (Å²) >= 11 is 3.74. The molecule has 0 aliphatic carbocycles. The lowest BCUT2D eigenvalue weighted by Gasteiger charge is -2.13. The van der Waals surface area contributed by atoms with Gasteiger partial charge in [0.2, 0.25) is 0 Å². The van der Waals surface area contributed by atoms with Gasteiger partial charge in [0, 0.05) is 114 Å². The fraction of sp³-hybridized carbons (Fsp3) is 0. The number of hydrogen-bond acceptors (Lipinski definition) is 5. The molecule has 0 spiro atoms. The largest absolute Gasteiger partial charge is 0.309 e. The van der Waals surface area contributed by atoms with Crippen LogP contribution in [-0.4, -0.2) is 24.1 Å². The van der Waals surface area contributed by atoms with E-state index in [-0.39, 0.29) is 0 Å². The molecule has 6 heterocycles. The third-order valence-electron chi connectivity index (χ3n) is 25.5. The Kier molecular flexibility index (Phi) is 16.7. The minimum absolute atomic E-state index is 0.942. The Morgan fingerprint density at radius 3 is 1.09 bits per heavy atom. The van der Waals surface area contributed by atoms with Crippen LogP contribution in [0.25, 0.3) is 248 Å². The number of benzene rings is 21. The van der Waals surface area contributed by atoms with Crippen molar-refractivity contribution in [3.8, 4) is 67.1 Å². The molecule has 0 fully saturated rings. The van der Waals surface area contributed by atoms with Crippen LogP contribution in [-0.2, 0) is 0 Å². The van der Waals surface area contributed by atoms with E-state index in [2.05, 4.69) is 428 Å². The molecule has 0 unspecified atom stereocenters. The van der Waals surface area contributed by atoms with E-state index in [1.165, 1.54) is 215 Å². The maximum absolute atomic E-state index is 4.99. The zero-order valence-electron chi connectivity index (χ0n) is 67.0. The Bertz CT molecular complexity index is 8780. The van der Waals surface area contributed by atoms with Crippen LogP contribution in [0.3, 0.4) is 0 Å². The van der Waals surface area contributed by atoms with Crippen LogP contribution in [0.15, 0.2) is 431 Å². The van der Waals surface area contributed by atoms with Gasteiger partial charge in [0.1, 0.15) is 0 Å². The average Bonchev–Trinajstić information content (AvgIpc) is 1.02. The van der Waals surface area contributed by atoms with Gasteiger partial charge < -0.3 is 9.13 Å². The minimum atomic E-state index is 0.942. The summed E-state index contributed by atoms with van der Waals surface area (Å²) in [7, 11) is 0. The van der Waals surface area contributed by atoms with Crippen molar-refractivity contribution >= 4 is 204 Å². The first-order chi connectivity index (χ1) is 61.5. The molecule has 0 amide bonds. The van der Waals surface area contributed by atoms with Crippen LogP contribution in [0.2, 0.25) is 0 Å². The molecule has 27 rings (SSSR count). The SMILES string of the molecule is c1cc(-c2ccc3c4ccccc4c4ccccc4c3c2)cc(-c2ccc3c4ccccc4c4nccnc4c3c2)c1.c1cc(-c2cccc(-c3cccc4c3sc3ccccc34)c2)cc(-c2cc3c4ccccc4c4ccccc4c3cn2)c1.c1ccc2c(c1)sc1ccc(-n3c4ccccc4c4cc(-n5c6ccccc6c6ccccc65)ccc43)cc12. The van der Waals surface area contributed by atoms with Crippen molar-refractivity contribution in [3.05, 3.63) is 431 Å². The van der Waals surface area contributed by atoms with Crippen LogP contribution in [0, 0.1) is 0 Å². The zero-order valence-corrected chi connectivity index (χ0v) is 68.7. The number of rotatable bonds is 7. The first-order valence-electron chi connectivity index (χ1n) is 42.2. The van der Waals surface area contributed by atoms with E-state index in [0.29, 0.717) is 0 Å². The molecule has 0 N–H and O–H groups in total. The van der Waals surface area contributed by atoms with Crippen LogP contribution in [0.5, 0.6) is 0 Å². The van der Waals surface area contributed by atoms with Gasteiger partial charge in [0.05, 0.1) is 38.8 Å². The van der Waals surface area contributed by atoms with E-state index in [1.807, 2.05) is 22.7 Å². The number of fused-ring (bicyclic) bond motifs is 30. The van der Waals surface area contributed by atoms with Crippen molar-refractivity contribution in [1.82, 2.24) is 24.1 Å². The van der Waals surface area contributed by atoms with Gasteiger partial charge >= 0.3 is 0 Å². The summed E-state index contributed by atoms with van der Waals surface area (Å²) in [4.78, 5) is 14.5. The molecule has 0 aliphatic rings. The molecule has 0 radical (unpaired) electrons. The molecule has 0 saturated heterocycles. The van der Waals surface area contributed by atoms with E-state index >= 15 is 0 Å². The minimum Gasteiger partial charge on any atom is -0.309 e. The van der Waals surface area contributed by atoms with Gasteiger partial charge in [-0.1, -0.05) is 309 Å². The smallest absolute Gasteiger partial charge is 0.0971 e. The summed E-state index contributed by atoms with van der Waals surface area (Å²) in [6, 6.07) is 150. The summed E-state index contributed by atoms with van der Waals surface area (Å²) in [5, 5.41) is 30.3. The molecule has 21 aromatic carbocycles. The lowest BCUT2D eigenvalue weighted by molar-refractivity contribution is 1.17. The van der Waals surface area contributed by atoms with Crippen LogP contribution >= 0.6 is 22.7 Å². The molecule has 576 valence electrons. The second-order valence-corrected chi connectivity index (χ2v) is 34.5. The topological polar surface area (TPSA) is 48.5 Å². The molecule has 7 heteroatoms. The molecule has 0 aliphatic heterocycles. The first kappa shape index (κ1) is 71.2. The average molecular weight is 1610 g/mol. The summed E-state index contributed by atoms with van der Waals surface area (Å²) < 4.78 is 10.2. The molecule has 0 saturated carbocycles. The molecule has 27 aromatic rings. The predicted octanol–water partition coefficient (Wildman–Crippen LogP) is 32.9. The second kappa shape index (κ2) is 29.0. The predicted molar refractivity (Wildman–Crippen MR) is 532 cm³/mol. The maximum atomic E-state index is 4.99. The third-order valence-corrected chi connectivity index (χ3v) is 27.9. The highest BCUT2D eigenvalue weighted by molar-refractivity contribution is 7.26. The Balaban J connectivity index is 0.000000102. The van der Waals surface area contributed by atoms with Crippen molar-refractivity contribution in [2.45, 2.75) is 0 Å². The molecule has 5 nitrogen and oxygen atoms in total. The number of para-hydroxylation sites is 3. The standard InChI is InChI=1S/C41H25NS.C40H24N2.C36H22N2S/c1-3-16-33-31(14-1)32-15-2-4-17-34(32)38-25-42-39(24-37(33)38)29-13-8-11-27(23-29)26-10-7-12-28(22-26)30-19-9-20-36-35-18-5-6-21-40(35)43-41(30)36;1-2-12-31-29(10-1)30-11-3-4-14-33(30)37-23-27(16-18-34(31)37)25-8-7-9-26(22-25)28-17-19-35-32-13-5-6-15-36(32)39-40(38(35)24-28)42-21-20-41-39;1-5-13-31-25(9-1)26-10-2-6-14-32(26)37(31)23-17-19-34-29(21-23)27-11-3-7-15-33(27)38(34)24-18-20-36-30(22-24)28-12-4-8-16-35(28)39-36/h1-25H;1-24H;1-22H. The lowest BCUT2D eigenvalue weighted by atomic mass is 9.91. The van der Waals surface area contributed by atoms with Gasteiger partial charge in [-0.05, 0) is 218 Å². The van der Waals surface area contributed by atoms with Crippen LogP contribution in [0.4, 0.5) is 0 Å². The molecule has 6 aromatic heterocycles. The summed E-state index contributed by atoms with van der Waals surface area (Å²) in [5.41, 5.74) is 21.0. The van der Waals surface area contributed by atoms with E-state index < -0.39 is 0 Å². The van der Waals surface area contributed by atoms with Gasteiger partial charge in [-0.3, -0.25) is 15.0 Å². The monoisotopic (exact) mass is 1610 g/mol. The number of nitrogens with zero attached hydrogens (tertiary/aromatic N) is 5.